The molecule has 0 bridgehead atoms. The first-order chi connectivity index (χ1) is 14.5. The lowest BCUT2D eigenvalue weighted by molar-refractivity contribution is -0.139. The highest BCUT2D eigenvalue weighted by atomic mass is 79.9. The van der Waals surface area contributed by atoms with Gasteiger partial charge in [0.15, 0.2) is 0 Å². The number of nitrogens with zero attached hydrogens (tertiary/aromatic N) is 1. The Morgan fingerprint density at radius 2 is 1.67 bits per heavy atom. The Kier molecular flexibility index (Phi) is 5.81. The lowest BCUT2D eigenvalue weighted by Gasteiger charge is -2.17. The Balaban J connectivity index is 1.43. The molecule has 1 aliphatic rings. The zero-order valence-corrected chi connectivity index (χ0v) is 17.5. The predicted octanol–water partition coefficient (Wildman–Crippen LogP) is 4.38. The number of hydrogen-bond donors (Lipinski definition) is 2. The molecule has 30 heavy (non-hydrogen) atoms. The van der Waals surface area contributed by atoms with E-state index in [1.807, 2.05) is 36.4 Å². The Bertz CT molecular complexity index is 1040. The maximum atomic E-state index is 12.4. The van der Waals surface area contributed by atoms with Crippen LogP contribution in [0.2, 0.25) is 0 Å². The molecule has 0 fully saturated rings. The van der Waals surface area contributed by atoms with E-state index in [1.54, 1.807) is 18.3 Å². The van der Waals surface area contributed by atoms with Crippen molar-refractivity contribution in [1.82, 2.24) is 10.3 Å². The highest BCUT2D eigenvalue weighted by molar-refractivity contribution is 9.10. The van der Waals surface area contributed by atoms with Crippen LogP contribution in [0.1, 0.15) is 22.6 Å². The van der Waals surface area contributed by atoms with Crippen molar-refractivity contribution in [2.45, 2.75) is 18.4 Å². The van der Waals surface area contributed by atoms with Crippen LogP contribution in [0, 0.1) is 0 Å². The molecule has 0 aliphatic heterocycles. The van der Waals surface area contributed by atoms with Crippen molar-refractivity contribution in [2.24, 2.45) is 0 Å². The monoisotopic (exact) mass is 466 g/mol. The fourth-order valence-corrected chi connectivity index (χ4v) is 3.98. The summed E-state index contributed by atoms with van der Waals surface area (Å²) in [5.74, 6) is -1.21. The van der Waals surface area contributed by atoms with Crippen LogP contribution in [0.15, 0.2) is 71.5 Å². The molecule has 7 heteroatoms. The molecular weight excluding hydrogens is 448 g/mol. The van der Waals surface area contributed by atoms with Crippen LogP contribution in [-0.4, -0.2) is 34.8 Å². The number of halogens is 1. The molecule has 1 atom stereocenters. The zero-order valence-electron chi connectivity index (χ0n) is 15.9. The summed E-state index contributed by atoms with van der Waals surface area (Å²) in [7, 11) is 0. The second-order valence-corrected chi connectivity index (χ2v) is 7.87. The summed E-state index contributed by atoms with van der Waals surface area (Å²) in [5, 5.41) is 11.9. The summed E-state index contributed by atoms with van der Waals surface area (Å²) in [6.07, 6.45) is 0.925. The molecule has 1 heterocycles. The van der Waals surface area contributed by atoms with Crippen molar-refractivity contribution in [1.29, 1.82) is 0 Å². The Morgan fingerprint density at radius 3 is 2.23 bits per heavy atom. The van der Waals surface area contributed by atoms with Gasteiger partial charge in [0.25, 0.3) is 0 Å². The highest BCUT2D eigenvalue weighted by Gasteiger charge is 2.29. The van der Waals surface area contributed by atoms with Gasteiger partial charge in [0.2, 0.25) is 0 Å². The molecule has 2 N–H and O–H groups in total. The second-order valence-electron chi connectivity index (χ2n) is 7.05. The molecule has 2 aromatic carbocycles. The number of ether oxygens (including phenoxy) is 1. The van der Waals surface area contributed by atoms with Gasteiger partial charge in [-0.15, -0.1) is 0 Å². The van der Waals surface area contributed by atoms with Crippen LogP contribution < -0.4 is 5.32 Å². The van der Waals surface area contributed by atoms with E-state index in [9.17, 15) is 14.7 Å². The van der Waals surface area contributed by atoms with Gasteiger partial charge in [-0.2, -0.15) is 0 Å². The summed E-state index contributed by atoms with van der Waals surface area (Å²) < 4.78 is 6.10. The number of pyridine rings is 1. The summed E-state index contributed by atoms with van der Waals surface area (Å²) in [6.45, 7) is 0.131. The van der Waals surface area contributed by atoms with Crippen molar-refractivity contribution < 1.29 is 19.4 Å². The number of rotatable bonds is 6. The van der Waals surface area contributed by atoms with Crippen LogP contribution >= 0.6 is 15.9 Å². The summed E-state index contributed by atoms with van der Waals surface area (Å²) in [4.78, 5) is 28.0. The predicted molar refractivity (Wildman–Crippen MR) is 115 cm³/mol. The normalized spacial score (nSPS) is 13.2. The average molecular weight is 467 g/mol. The number of carbonyl (C=O) groups excluding carboxylic acids is 1. The second kappa shape index (κ2) is 8.67. The van der Waals surface area contributed by atoms with E-state index in [4.69, 9.17) is 4.74 Å². The SMILES string of the molecule is O=C(N[C@H](Cc1ccc(Br)nc1)C(=O)O)OCC1c2ccccc2-c2ccccc21. The van der Waals surface area contributed by atoms with Crippen LogP contribution in [-0.2, 0) is 16.0 Å². The van der Waals surface area contributed by atoms with E-state index < -0.39 is 18.1 Å². The fraction of sp³-hybridized carbons (Fsp3) is 0.174. The molecule has 1 amide bonds. The Hall–Kier alpha value is -3.19. The number of fused-ring (bicyclic) bond motifs is 3. The first-order valence-electron chi connectivity index (χ1n) is 9.47. The Labute approximate surface area is 182 Å². The molecule has 1 aromatic heterocycles. The molecule has 0 radical (unpaired) electrons. The first kappa shape index (κ1) is 20.1. The minimum atomic E-state index is -1.13. The van der Waals surface area contributed by atoms with Crippen LogP contribution in [0.4, 0.5) is 4.79 Å². The van der Waals surface area contributed by atoms with E-state index in [0.29, 0.717) is 10.2 Å². The van der Waals surface area contributed by atoms with Gasteiger partial charge in [-0.05, 0) is 49.8 Å². The van der Waals surface area contributed by atoms with Crippen molar-refractivity contribution >= 4 is 28.0 Å². The zero-order chi connectivity index (χ0) is 21.1. The molecule has 4 rings (SSSR count). The van der Waals surface area contributed by atoms with Gasteiger partial charge in [0, 0.05) is 18.5 Å². The number of carboxylic acids is 1. The third-order valence-corrected chi connectivity index (χ3v) is 5.63. The number of alkyl carbamates (subject to hydrolysis) is 1. The summed E-state index contributed by atoms with van der Waals surface area (Å²) in [6, 6.07) is 18.4. The van der Waals surface area contributed by atoms with Gasteiger partial charge in [-0.25, -0.2) is 14.6 Å². The average Bonchev–Trinajstić information content (AvgIpc) is 3.07. The van der Waals surface area contributed by atoms with Gasteiger partial charge >= 0.3 is 12.1 Å². The van der Waals surface area contributed by atoms with E-state index in [2.05, 4.69) is 38.4 Å². The minimum Gasteiger partial charge on any atom is -0.480 e. The standard InChI is InChI=1S/C23H19BrN2O4/c24-21-10-9-14(12-25-21)11-20(22(27)28)26-23(29)30-13-19-17-7-3-1-5-15(17)16-6-2-4-8-18(16)19/h1-10,12,19-20H,11,13H2,(H,26,29)(H,27,28)/t20-/m1/s1. The molecule has 0 spiro atoms. The number of amides is 1. The van der Waals surface area contributed by atoms with Gasteiger partial charge < -0.3 is 15.2 Å². The minimum absolute atomic E-state index is 0.0814. The number of aromatic nitrogens is 1. The summed E-state index contributed by atoms with van der Waals surface area (Å²) in [5.41, 5.74) is 5.16. The molecule has 3 aromatic rings. The van der Waals surface area contributed by atoms with Crippen molar-refractivity contribution in [3.05, 3.63) is 88.2 Å². The first-order valence-corrected chi connectivity index (χ1v) is 10.3. The van der Waals surface area contributed by atoms with E-state index in [0.717, 1.165) is 22.3 Å². The van der Waals surface area contributed by atoms with Gasteiger partial charge in [0.05, 0.1) is 0 Å². The van der Waals surface area contributed by atoms with E-state index in [1.165, 1.54) is 0 Å². The third kappa shape index (κ3) is 4.21. The molecule has 1 aliphatic carbocycles. The molecule has 152 valence electrons. The molecule has 0 saturated carbocycles. The van der Waals surface area contributed by atoms with E-state index in [-0.39, 0.29) is 18.9 Å². The van der Waals surface area contributed by atoms with Crippen LogP contribution in [0.5, 0.6) is 0 Å². The lowest BCUT2D eigenvalue weighted by atomic mass is 9.98. The number of hydrogen-bond acceptors (Lipinski definition) is 4. The number of carbonyl (C=O) groups is 2. The van der Waals surface area contributed by atoms with Gasteiger partial charge in [-0.1, -0.05) is 54.6 Å². The van der Waals surface area contributed by atoms with Crippen LogP contribution in [0.3, 0.4) is 0 Å². The lowest BCUT2D eigenvalue weighted by Crippen LogP contribution is -2.42. The maximum absolute atomic E-state index is 12.4. The van der Waals surface area contributed by atoms with Crippen LogP contribution in [0.25, 0.3) is 11.1 Å². The third-order valence-electron chi connectivity index (χ3n) is 5.16. The molecular formula is C23H19BrN2O4. The van der Waals surface area contributed by atoms with Crippen molar-refractivity contribution in [3.63, 3.8) is 0 Å². The van der Waals surface area contributed by atoms with Crippen molar-refractivity contribution in [2.75, 3.05) is 6.61 Å². The topological polar surface area (TPSA) is 88.5 Å². The number of nitrogens with one attached hydrogen (secondary N) is 1. The number of aliphatic carboxylic acids is 1. The maximum Gasteiger partial charge on any atom is 0.407 e. The Morgan fingerprint density at radius 1 is 1.03 bits per heavy atom. The molecule has 0 saturated heterocycles. The smallest absolute Gasteiger partial charge is 0.407 e. The quantitative estimate of drug-likeness (QED) is 0.526. The van der Waals surface area contributed by atoms with E-state index >= 15 is 0 Å². The highest BCUT2D eigenvalue weighted by Crippen LogP contribution is 2.44. The molecule has 6 nitrogen and oxygen atoms in total. The number of carboxylic acid groups (broad SMARTS) is 1. The fourth-order valence-electron chi connectivity index (χ4n) is 3.75. The van der Waals surface area contributed by atoms with Gasteiger partial charge in [-0.3, -0.25) is 0 Å². The number of benzene rings is 2. The van der Waals surface area contributed by atoms with Crippen molar-refractivity contribution in [3.8, 4) is 11.1 Å². The summed E-state index contributed by atoms with van der Waals surface area (Å²) >= 11 is 3.24. The largest absolute Gasteiger partial charge is 0.480 e. The van der Waals surface area contributed by atoms with Gasteiger partial charge in [0.1, 0.15) is 17.3 Å². The molecule has 0 unspecified atom stereocenters.